The average Bonchev–Trinajstić information content (AvgIpc) is 2.99. The maximum Gasteiger partial charge on any atom is 0.349 e. The highest BCUT2D eigenvalue weighted by molar-refractivity contribution is 6.18. The molecule has 132 valence electrons. The van der Waals surface area contributed by atoms with Crippen molar-refractivity contribution in [3.8, 4) is 0 Å². The monoisotopic (exact) mass is 344 g/mol. The Hall–Kier alpha value is -3.29. The van der Waals surface area contributed by atoms with E-state index in [0.717, 1.165) is 16.5 Å². The zero-order chi connectivity index (χ0) is 18.2. The SMILES string of the molecule is CCOC(=O)C(C(N)=NN=Cc1c[nH]c2ccccc12)=C(O)OCC. The van der Waals surface area contributed by atoms with Gasteiger partial charge in [-0.15, -0.1) is 5.10 Å². The van der Waals surface area contributed by atoms with E-state index in [1.165, 1.54) is 6.21 Å². The van der Waals surface area contributed by atoms with Gasteiger partial charge in [-0.05, 0) is 19.9 Å². The Morgan fingerprint density at radius 3 is 2.72 bits per heavy atom. The number of H-pyrrole nitrogens is 1. The molecule has 8 heteroatoms. The lowest BCUT2D eigenvalue weighted by molar-refractivity contribution is -0.138. The molecular formula is C17H20N4O4. The van der Waals surface area contributed by atoms with Crippen LogP contribution in [0.25, 0.3) is 10.9 Å². The van der Waals surface area contributed by atoms with Crippen molar-refractivity contribution in [1.29, 1.82) is 0 Å². The Balaban J connectivity index is 2.27. The first-order chi connectivity index (χ1) is 12.1. The van der Waals surface area contributed by atoms with E-state index in [4.69, 9.17) is 15.2 Å². The summed E-state index contributed by atoms with van der Waals surface area (Å²) in [6.45, 7) is 3.56. The summed E-state index contributed by atoms with van der Waals surface area (Å²) in [5.74, 6) is -1.79. The molecule has 8 nitrogen and oxygen atoms in total. The van der Waals surface area contributed by atoms with Crippen molar-refractivity contribution in [1.82, 2.24) is 4.98 Å². The van der Waals surface area contributed by atoms with Crippen LogP contribution in [0.4, 0.5) is 0 Å². The molecule has 0 atom stereocenters. The largest absolute Gasteiger partial charge is 0.480 e. The second kappa shape index (κ2) is 8.53. The molecule has 25 heavy (non-hydrogen) atoms. The van der Waals surface area contributed by atoms with Gasteiger partial charge in [0.2, 0.25) is 0 Å². The zero-order valence-electron chi connectivity index (χ0n) is 14.0. The fraction of sp³-hybridized carbons (Fsp3) is 0.235. The lowest BCUT2D eigenvalue weighted by Gasteiger charge is -2.08. The molecule has 0 fully saturated rings. The van der Waals surface area contributed by atoms with Crippen molar-refractivity contribution in [2.45, 2.75) is 13.8 Å². The van der Waals surface area contributed by atoms with Crippen LogP contribution in [0.2, 0.25) is 0 Å². The highest BCUT2D eigenvalue weighted by Gasteiger charge is 2.22. The predicted octanol–water partition coefficient (Wildman–Crippen LogP) is 2.23. The van der Waals surface area contributed by atoms with E-state index >= 15 is 0 Å². The van der Waals surface area contributed by atoms with E-state index in [1.54, 1.807) is 20.0 Å². The van der Waals surface area contributed by atoms with Gasteiger partial charge >= 0.3 is 5.97 Å². The Morgan fingerprint density at radius 1 is 1.28 bits per heavy atom. The Kier molecular flexibility index (Phi) is 6.16. The van der Waals surface area contributed by atoms with Gasteiger partial charge in [-0.1, -0.05) is 18.2 Å². The molecule has 2 aromatic rings. The van der Waals surface area contributed by atoms with Crippen molar-refractivity contribution in [3.63, 3.8) is 0 Å². The first kappa shape index (κ1) is 18.1. The number of amidine groups is 1. The van der Waals surface area contributed by atoms with Crippen LogP contribution in [-0.4, -0.2) is 41.3 Å². The number of aliphatic hydroxyl groups excluding tert-OH is 1. The first-order valence-corrected chi connectivity index (χ1v) is 7.74. The molecule has 1 aromatic carbocycles. The molecule has 1 aromatic heterocycles. The van der Waals surface area contributed by atoms with Crippen LogP contribution in [0.5, 0.6) is 0 Å². The van der Waals surface area contributed by atoms with Crippen LogP contribution < -0.4 is 5.73 Å². The molecule has 4 N–H and O–H groups in total. The number of rotatable bonds is 7. The standard InChI is InChI=1S/C17H20N4O4/c1-3-24-16(22)14(17(23)25-4-2)15(18)21-20-10-11-9-19-13-8-6-5-7-12(11)13/h5-10,19,22H,3-4H2,1-2H3,(H2,18,21). The van der Waals surface area contributed by atoms with Gasteiger partial charge in [0.05, 0.1) is 19.4 Å². The second-order valence-corrected chi connectivity index (χ2v) is 4.85. The van der Waals surface area contributed by atoms with Crippen LogP contribution >= 0.6 is 0 Å². The Bertz CT molecular complexity index is 836. The van der Waals surface area contributed by atoms with Gasteiger partial charge in [-0.25, -0.2) is 4.79 Å². The van der Waals surface area contributed by atoms with Crippen molar-refractivity contribution >= 4 is 28.9 Å². The van der Waals surface area contributed by atoms with Gasteiger partial charge in [-0.3, -0.25) is 0 Å². The van der Waals surface area contributed by atoms with Crippen LogP contribution in [0.1, 0.15) is 19.4 Å². The predicted molar refractivity (Wildman–Crippen MR) is 95.4 cm³/mol. The minimum Gasteiger partial charge on any atom is -0.480 e. The minimum absolute atomic E-state index is 0.119. The summed E-state index contributed by atoms with van der Waals surface area (Å²) in [5, 5.41) is 18.5. The van der Waals surface area contributed by atoms with Crippen molar-refractivity contribution in [3.05, 3.63) is 47.5 Å². The minimum atomic E-state index is -0.836. The topological polar surface area (TPSA) is 122 Å². The molecule has 0 saturated carbocycles. The highest BCUT2D eigenvalue weighted by Crippen LogP contribution is 2.15. The fourth-order valence-electron chi connectivity index (χ4n) is 2.12. The number of para-hydroxylation sites is 1. The molecule has 0 aliphatic rings. The number of ether oxygens (including phenoxy) is 2. The quantitative estimate of drug-likeness (QED) is 0.177. The smallest absolute Gasteiger partial charge is 0.349 e. The number of hydrogen-bond acceptors (Lipinski definition) is 6. The number of hydrogen-bond donors (Lipinski definition) is 3. The molecule has 0 unspecified atom stereocenters. The van der Waals surface area contributed by atoms with Gasteiger partial charge in [0.25, 0.3) is 5.95 Å². The number of benzene rings is 1. The van der Waals surface area contributed by atoms with E-state index in [1.807, 2.05) is 24.3 Å². The Morgan fingerprint density at radius 2 is 2.00 bits per heavy atom. The third kappa shape index (κ3) is 4.37. The zero-order valence-corrected chi connectivity index (χ0v) is 14.0. The number of nitrogens with two attached hydrogens (primary N) is 1. The summed E-state index contributed by atoms with van der Waals surface area (Å²) >= 11 is 0. The molecular weight excluding hydrogens is 324 g/mol. The molecule has 0 radical (unpaired) electrons. The van der Waals surface area contributed by atoms with Gasteiger partial charge < -0.3 is 25.3 Å². The number of aromatic amines is 1. The van der Waals surface area contributed by atoms with Gasteiger partial charge in [0, 0.05) is 22.7 Å². The van der Waals surface area contributed by atoms with Crippen LogP contribution in [-0.2, 0) is 14.3 Å². The van der Waals surface area contributed by atoms with E-state index in [0.29, 0.717) is 0 Å². The lowest BCUT2D eigenvalue weighted by Crippen LogP contribution is -2.25. The molecule has 0 bridgehead atoms. The van der Waals surface area contributed by atoms with Crippen LogP contribution in [0.3, 0.4) is 0 Å². The number of aromatic nitrogens is 1. The van der Waals surface area contributed by atoms with Gasteiger partial charge in [-0.2, -0.15) is 5.10 Å². The van der Waals surface area contributed by atoms with Gasteiger partial charge in [0.1, 0.15) is 0 Å². The second-order valence-electron chi connectivity index (χ2n) is 4.85. The molecule has 0 aliphatic heterocycles. The van der Waals surface area contributed by atoms with Crippen molar-refractivity contribution < 1.29 is 19.4 Å². The fourth-order valence-corrected chi connectivity index (χ4v) is 2.12. The van der Waals surface area contributed by atoms with E-state index in [-0.39, 0.29) is 24.6 Å². The number of carbonyl (C=O) groups excluding carboxylic acids is 1. The summed E-state index contributed by atoms with van der Waals surface area (Å²) in [4.78, 5) is 15.0. The number of fused-ring (bicyclic) bond motifs is 1. The lowest BCUT2D eigenvalue weighted by atomic mass is 10.2. The molecule has 0 saturated heterocycles. The number of carbonyl (C=O) groups is 1. The van der Waals surface area contributed by atoms with E-state index in [2.05, 4.69) is 15.2 Å². The number of esters is 1. The van der Waals surface area contributed by atoms with E-state index in [9.17, 15) is 9.90 Å². The average molecular weight is 344 g/mol. The summed E-state index contributed by atoms with van der Waals surface area (Å²) in [6, 6.07) is 7.70. The van der Waals surface area contributed by atoms with Crippen molar-refractivity contribution in [2.24, 2.45) is 15.9 Å². The normalized spacial score (nSPS) is 13.1. The molecule has 0 spiro atoms. The third-order valence-corrected chi connectivity index (χ3v) is 3.21. The van der Waals surface area contributed by atoms with Crippen LogP contribution in [0.15, 0.2) is 52.2 Å². The first-order valence-electron chi connectivity index (χ1n) is 7.74. The van der Waals surface area contributed by atoms with Gasteiger partial charge in [0.15, 0.2) is 11.4 Å². The summed E-state index contributed by atoms with van der Waals surface area (Å²) in [5.41, 5.74) is 7.17. The Labute approximate surface area is 144 Å². The third-order valence-electron chi connectivity index (χ3n) is 3.21. The molecule has 2 rings (SSSR count). The summed E-state index contributed by atoms with van der Waals surface area (Å²) in [6.07, 6.45) is 3.27. The molecule has 0 aliphatic carbocycles. The van der Waals surface area contributed by atoms with E-state index < -0.39 is 11.9 Å². The molecule has 1 heterocycles. The van der Waals surface area contributed by atoms with Crippen molar-refractivity contribution in [2.75, 3.05) is 13.2 Å². The summed E-state index contributed by atoms with van der Waals surface area (Å²) in [7, 11) is 0. The summed E-state index contributed by atoms with van der Waals surface area (Å²) < 4.78 is 9.77. The van der Waals surface area contributed by atoms with Crippen LogP contribution in [0, 0.1) is 0 Å². The maximum absolute atomic E-state index is 11.9. The number of nitrogens with one attached hydrogen (secondary N) is 1. The number of nitrogens with zero attached hydrogens (tertiary/aromatic N) is 2. The number of aliphatic hydroxyl groups is 1. The highest BCUT2D eigenvalue weighted by atomic mass is 16.6. The molecule has 0 amide bonds. The maximum atomic E-state index is 11.9.